The van der Waals surface area contributed by atoms with Gasteiger partial charge in [0.1, 0.15) is 5.75 Å². The molecule has 1 aromatic carbocycles. The van der Waals surface area contributed by atoms with Crippen molar-refractivity contribution in [2.75, 3.05) is 0 Å². The summed E-state index contributed by atoms with van der Waals surface area (Å²) in [4.78, 5) is 14.4. The Labute approximate surface area is 111 Å². The first-order chi connectivity index (χ1) is 9.11. The molecule has 0 fully saturated rings. The van der Waals surface area contributed by atoms with Crippen LogP contribution in [0.15, 0.2) is 29.1 Å². The third-order valence-corrected chi connectivity index (χ3v) is 3.08. The molecule has 0 aliphatic heterocycles. The third kappa shape index (κ3) is 2.99. The Morgan fingerprint density at radius 2 is 1.89 bits per heavy atom. The van der Waals surface area contributed by atoms with E-state index < -0.39 is 0 Å². The van der Waals surface area contributed by atoms with Crippen molar-refractivity contribution in [2.24, 2.45) is 0 Å². The normalized spacial score (nSPS) is 10.8. The van der Waals surface area contributed by atoms with Crippen molar-refractivity contribution in [1.29, 1.82) is 0 Å². The van der Waals surface area contributed by atoms with Crippen molar-refractivity contribution in [3.63, 3.8) is 0 Å². The van der Waals surface area contributed by atoms with Crippen LogP contribution in [0.2, 0.25) is 0 Å². The van der Waals surface area contributed by atoms with E-state index in [-0.39, 0.29) is 17.3 Å². The third-order valence-electron chi connectivity index (χ3n) is 3.08. The SMILES string of the molecule is CCCCn1c(O)c(Cc2ccc(O)cc2)[nH]c1=O. The predicted molar refractivity (Wildman–Crippen MR) is 72.5 cm³/mol. The van der Waals surface area contributed by atoms with E-state index in [1.54, 1.807) is 24.3 Å². The fourth-order valence-electron chi connectivity index (χ4n) is 1.98. The van der Waals surface area contributed by atoms with Crippen LogP contribution in [0.1, 0.15) is 31.0 Å². The summed E-state index contributed by atoms with van der Waals surface area (Å²) in [5.41, 5.74) is 1.14. The minimum absolute atomic E-state index is 0.00604. The largest absolute Gasteiger partial charge is 0.508 e. The van der Waals surface area contributed by atoms with Gasteiger partial charge in [0.25, 0.3) is 0 Å². The molecule has 102 valence electrons. The topological polar surface area (TPSA) is 78.2 Å². The van der Waals surface area contributed by atoms with E-state index in [1.807, 2.05) is 6.92 Å². The summed E-state index contributed by atoms with van der Waals surface area (Å²) in [6.45, 7) is 2.55. The van der Waals surface area contributed by atoms with Crippen LogP contribution >= 0.6 is 0 Å². The number of imidazole rings is 1. The fraction of sp³-hybridized carbons (Fsp3) is 0.357. The van der Waals surface area contributed by atoms with Crippen LogP contribution in [-0.4, -0.2) is 19.8 Å². The number of nitrogens with zero attached hydrogens (tertiary/aromatic N) is 1. The van der Waals surface area contributed by atoms with Gasteiger partial charge in [-0.25, -0.2) is 4.79 Å². The number of phenolic OH excluding ortho intramolecular Hbond substituents is 1. The highest BCUT2D eigenvalue weighted by atomic mass is 16.3. The van der Waals surface area contributed by atoms with Gasteiger partial charge in [0.2, 0.25) is 5.88 Å². The summed E-state index contributed by atoms with van der Waals surface area (Å²) in [6.07, 6.45) is 2.24. The number of aromatic nitrogens is 2. The molecule has 0 aliphatic rings. The lowest BCUT2D eigenvalue weighted by atomic mass is 10.1. The van der Waals surface area contributed by atoms with Gasteiger partial charge < -0.3 is 15.2 Å². The summed E-state index contributed by atoms with van der Waals surface area (Å²) in [6, 6.07) is 6.68. The molecule has 5 heteroatoms. The molecule has 0 saturated carbocycles. The first-order valence-corrected chi connectivity index (χ1v) is 6.40. The van der Waals surface area contributed by atoms with Crippen molar-refractivity contribution >= 4 is 0 Å². The molecule has 19 heavy (non-hydrogen) atoms. The summed E-state index contributed by atoms with van der Waals surface area (Å²) in [5.74, 6) is 0.202. The first-order valence-electron chi connectivity index (χ1n) is 6.40. The second kappa shape index (κ2) is 5.65. The zero-order chi connectivity index (χ0) is 13.8. The molecule has 0 aliphatic carbocycles. The minimum atomic E-state index is -0.278. The van der Waals surface area contributed by atoms with E-state index in [0.29, 0.717) is 18.7 Å². The highest BCUT2D eigenvalue weighted by Crippen LogP contribution is 2.19. The number of unbranched alkanes of at least 4 members (excludes halogenated alkanes) is 1. The molecule has 0 saturated heterocycles. The van der Waals surface area contributed by atoms with Crippen LogP contribution in [0.25, 0.3) is 0 Å². The average molecular weight is 262 g/mol. The lowest BCUT2D eigenvalue weighted by Crippen LogP contribution is -2.16. The molecule has 2 rings (SSSR count). The summed E-state index contributed by atoms with van der Waals surface area (Å²) in [5, 5.41) is 19.2. The van der Waals surface area contributed by atoms with Crippen LogP contribution < -0.4 is 5.69 Å². The standard InChI is InChI=1S/C14H18N2O3/c1-2-3-8-16-13(18)12(15-14(16)19)9-10-4-6-11(17)7-5-10/h4-7,17-18H,2-3,8-9H2,1H3,(H,15,19). The molecule has 0 unspecified atom stereocenters. The second-order valence-corrected chi connectivity index (χ2v) is 4.58. The lowest BCUT2D eigenvalue weighted by Gasteiger charge is -2.03. The average Bonchev–Trinajstić information content (AvgIpc) is 2.65. The number of phenols is 1. The smallest absolute Gasteiger partial charge is 0.328 e. The maximum absolute atomic E-state index is 11.7. The fourth-order valence-corrected chi connectivity index (χ4v) is 1.98. The number of rotatable bonds is 5. The van der Waals surface area contributed by atoms with Gasteiger partial charge in [-0.15, -0.1) is 0 Å². The monoisotopic (exact) mass is 262 g/mol. The molecule has 5 nitrogen and oxygen atoms in total. The minimum Gasteiger partial charge on any atom is -0.508 e. The van der Waals surface area contributed by atoms with Crippen molar-refractivity contribution in [2.45, 2.75) is 32.7 Å². The van der Waals surface area contributed by atoms with Crippen LogP contribution in [0, 0.1) is 0 Å². The van der Waals surface area contributed by atoms with E-state index in [1.165, 1.54) is 4.57 Å². The van der Waals surface area contributed by atoms with Crippen molar-refractivity contribution in [3.8, 4) is 11.6 Å². The number of aromatic amines is 1. The molecule has 0 amide bonds. The highest BCUT2D eigenvalue weighted by Gasteiger charge is 2.12. The molecule has 0 bridgehead atoms. The van der Waals surface area contributed by atoms with E-state index in [4.69, 9.17) is 0 Å². The number of aromatic hydroxyl groups is 2. The van der Waals surface area contributed by atoms with Gasteiger partial charge in [0.05, 0.1) is 5.69 Å². The molecule has 0 radical (unpaired) electrons. The number of nitrogens with one attached hydrogen (secondary N) is 1. The van der Waals surface area contributed by atoms with E-state index in [9.17, 15) is 15.0 Å². The Morgan fingerprint density at radius 1 is 1.21 bits per heavy atom. The van der Waals surface area contributed by atoms with E-state index in [0.717, 1.165) is 18.4 Å². The van der Waals surface area contributed by atoms with Crippen LogP contribution in [0.5, 0.6) is 11.6 Å². The Balaban J connectivity index is 2.21. The molecule has 0 atom stereocenters. The molecule has 1 heterocycles. The van der Waals surface area contributed by atoms with Gasteiger partial charge in [0, 0.05) is 13.0 Å². The Kier molecular flexibility index (Phi) is 3.94. The molecular formula is C14H18N2O3. The Morgan fingerprint density at radius 3 is 2.53 bits per heavy atom. The van der Waals surface area contributed by atoms with Crippen molar-refractivity contribution in [3.05, 3.63) is 46.0 Å². The quantitative estimate of drug-likeness (QED) is 0.771. The van der Waals surface area contributed by atoms with Crippen molar-refractivity contribution in [1.82, 2.24) is 9.55 Å². The number of H-pyrrole nitrogens is 1. The van der Waals surface area contributed by atoms with E-state index >= 15 is 0 Å². The summed E-state index contributed by atoms with van der Waals surface area (Å²) in [7, 11) is 0. The second-order valence-electron chi connectivity index (χ2n) is 4.58. The number of benzene rings is 1. The van der Waals surface area contributed by atoms with Gasteiger partial charge in [-0.2, -0.15) is 0 Å². The van der Waals surface area contributed by atoms with Crippen LogP contribution in [0.3, 0.4) is 0 Å². The molecule has 2 aromatic rings. The maximum atomic E-state index is 11.7. The van der Waals surface area contributed by atoms with Gasteiger partial charge in [-0.3, -0.25) is 4.57 Å². The predicted octanol–water partition coefficient (Wildman–Crippen LogP) is 1.98. The number of hydrogen-bond acceptors (Lipinski definition) is 3. The molecule has 0 spiro atoms. The van der Waals surface area contributed by atoms with Gasteiger partial charge >= 0.3 is 5.69 Å². The van der Waals surface area contributed by atoms with Gasteiger partial charge in [0.15, 0.2) is 0 Å². The zero-order valence-electron chi connectivity index (χ0n) is 10.9. The zero-order valence-corrected chi connectivity index (χ0v) is 10.9. The molecule has 1 aromatic heterocycles. The highest BCUT2D eigenvalue weighted by molar-refractivity contribution is 5.31. The maximum Gasteiger partial charge on any atom is 0.328 e. The number of hydrogen-bond donors (Lipinski definition) is 3. The Hall–Kier alpha value is -2.17. The van der Waals surface area contributed by atoms with Gasteiger partial charge in [-0.05, 0) is 24.1 Å². The first kappa shape index (κ1) is 13.3. The Bertz CT molecular complexity index is 596. The van der Waals surface area contributed by atoms with Crippen molar-refractivity contribution < 1.29 is 10.2 Å². The van der Waals surface area contributed by atoms with Crippen LogP contribution in [0.4, 0.5) is 0 Å². The van der Waals surface area contributed by atoms with E-state index in [2.05, 4.69) is 4.98 Å². The lowest BCUT2D eigenvalue weighted by molar-refractivity contribution is 0.404. The van der Waals surface area contributed by atoms with Gasteiger partial charge in [-0.1, -0.05) is 25.5 Å². The summed E-state index contributed by atoms with van der Waals surface area (Å²) >= 11 is 0. The molecular weight excluding hydrogens is 244 g/mol. The molecule has 3 N–H and O–H groups in total. The summed E-state index contributed by atoms with van der Waals surface area (Å²) < 4.78 is 1.36. The van der Waals surface area contributed by atoms with Crippen LogP contribution in [-0.2, 0) is 13.0 Å².